The zero-order chi connectivity index (χ0) is 23.1. The monoisotopic (exact) mass is 476 g/mol. The first-order valence-electron chi connectivity index (χ1n) is 11.2. The maximum Gasteiger partial charge on any atom is 0.142 e. The minimum atomic E-state index is -1.24. The number of hydrogen-bond acceptors (Lipinski definition) is 2. The Balaban J connectivity index is 1.53. The predicted molar refractivity (Wildman–Crippen MR) is 141 cm³/mol. The molecule has 164 valence electrons. The Morgan fingerprint density at radius 2 is 1.21 bits per heavy atom. The molecule has 0 saturated carbocycles. The summed E-state index contributed by atoms with van der Waals surface area (Å²) < 4.78 is 0. The van der Waals surface area contributed by atoms with Gasteiger partial charge in [0.15, 0.2) is 0 Å². The molecule has 5 aromatic carbocycles. The molecule has 0 aliphatic heterocycles. The van der Waals surface area contributed by atoms with Gasteiger partial charge < -0.3 is 5.11 Å². The number of rotatable bonds is 4. The molecule has 1 aliphatic carbocycles. The summed E-state index contributed by atoms with van der Waals surface area (Å²) in [6.45, 7) is 0. The Kier molecular flexibility index (Phi) is 5.30. The summed E-state index contributed by atoms with van der Waals surface area (Å²) >= 11 is 7.73. The first kappa shape index (κ1) is 21.2. The Labute approximate surface area is 208 Å². The first-order valence-corrected chi connectivity index (χ1v) is 12.4. The average molecular weight is 477 g/mol. The minimum Gasteiger partial charge on any atom is -0.376 e. The van der Waals surface area contributed by atoms with Crippen molar-refractivity contribution in [3.05, 3.63) is 143 Å². The molecule has 0 spiro atoms. The van der Waals surface area contributed by atoms with Crippen LogP contribution in [0.25, 0.3) is 22.3 Å². The molecule has 1 atom stereocenters. The molecule has 0 amide bonds. The van der Waals surface area contributed by atoms with Crippen LogP contribution in [0.5, 0.6) is 0 Å². The SMILES string of the molecule is OC1(c2ccccc2Sc2ccc(Cl)cc2)c2ccccc2-c2cc(-c3ccccc3)ccc21. The van der Waals surface area contributed by atoms with E-state index in [-0.39, 0.29) is 0 Å². The summed E-state index contributed by atoms with van der Waals surface area (Å²) in [4.78, 5) is 2.09. The molecule has 0 aromatic heterocycles. The van der Waals surface area contributed by atoms with Crippen LogP contribution in [0, 0.1) is 0 Å². The highest BCUT2D eigenvalue weighted by molar-refractivity contribution is 7.99. The fourth-order valence-corrected chi connectivity index (χ4v) is 5.97. The van der Waals surface area contributed by atoms with E-state index in [0.717, 1.165) is 48.7 Å². The van der Waals surface area contributed by atoms with Crippen LogP contribution < -0.4 is 0 Å². The van der Waals surface area contributed by atoms with Crippen molar-refractivity contribution in [1.82, 2.24) is 0 Å². The van der Waals surface area contributed by atoms with E-state index in [2.05, 4.69) is 54.6 Å². The summed E-state index contributed by atoms with van der Waals surface area (Å²) in [7, 11) is 0. The standard InChI is InChI=1S/C31H21ClOS/c32-23-15-17-24(18-16-23)34-30-13-7-6-12-29(30)31(33)27-11-5-4-10-25(27)26-20-22(14-19-28(26)31)21-8-2-1-3-9-21/h1-20,33H. The summed E-state index contributed by atoms with van der Waals surface area (Å²) in [6.07, 6.45) is 0. The third-order valence-corrected chi connectivity index (χ3v) is 7.78. The van der Waals surface area contributed by atoms with E-state index in [0.29, 0.717) is 5.02 Å². The first-order chi connectivity index (χ1) is 16.6. The van der Waals surface area contributed by atoms with Crippen molar-refractivity contribution in [2.24, 2.45) is 0 Å². The van der Waals surface area contributed by atoms with Gasteiger partial charge in [-0.25, -0.2) is 0 Å². The lowest BCUT2D eigenvalue weighted by atomic mass is 9.84. The molecular weight excluding hydrogens is 456 g/mol. The van der Waals surface area contributed by atoms with Gasteiger partial charge in [0.1, 0.15) is 5.60 Å². The summed E-state index contributed by atoms with van der Waals surface area (Å²) in [5.41, 5.74) is 5.93. The molecule has 1 N–H and O–H groups in total. The third kappa shape index (κ3) is 3.47. The van der Waals surface area contributed by atoms with Crippen LogP contribution >= 0.6 is 23.4 Å². The minimum absolute atomic E-state index is 0.712. The van der Waals surface area contributed by atoms with Crippen LogP contribution in [0.3, 0.4) is 0 Å². The van der Waals surface area contributed by atoms with Crippen LogP contribution in [-0.4, -0.2) is 5.11 Å². The zero-order valence-electron chi connectivity index (χ0n) is 18.3. The van der Waals surface area contributed by atoms with E-state index in [1.807, 2.05) is 66.7 Å². The van der Waals surface area contributed by atoms with E-state index >= 15 is 0 Å². The van der Waals surface area contributed by atoms with Crippen LogP contribution in [0.4, 0.5) is 0 Å². The second-order valence-electron chi connectivity index (χ2n) is 8.43. The van der Waals surface area contributed by atoms with Gasteiger partial charge >= 0.3 is 0 Å². The van der Waals surface area contributed by atoms with Crippen molar-refractivity contribution in [3.8, 4) is 22.3 Å². The molecule has 0 fully saturated rings. The molecule has 1 unspecified atom stereocenters. The van der Waals surface area contributed by atoms with Crippen molar-refractivity contribution >= 4 is 23.4 Å². The maximum absolute atomic E-state index is 12.5. The van der Waals surface area contributed by atoms with Gasteiger partial charge in [0.25, 0.3) is 0 Å². The smallest absolute Gasteiger partial charge is 0.142 e. The molecule has 5 aromatic rings. The van der Waals surface area contributed by atoms with Gasteiger partial charge in [-0.05, 0) is 58.7 Å². The Morgan fingerprint density at radius 1 is 0.559 bits per heavy atom. The van der Waals surface area contributed by atoms with Gasteiger partial charge in [-0.1, -0.05) is 108 Å². The highest BCUT2D eigenvalue weighted by Gasteiger charge is 2.44. The van der Waals surface area contributed by atoms with Crippen LogP contribution in [0.1, 0.15) is 16.7 Å². The van der Waals surface area contributed by atoms with Crippen molar-refractivity contribution in [2.75, 3.05) is 0 Å². The normalized spacial score (nSPS) is 16.2. The number of benzene rings is 5. The topological polar surface area (TPSA) is 20.2 Å². The lowest BCUT2D eigenvalue weighted by Gasteiger charge is -2.28. The molecule has 34 heavy (non-hydrogen) atoms. The van der Waals surface area contributed by atoms with E-state index in [9.17, 15) is 5.11 Å². The maximum atomic E-state index is 12.5. The second-order valence-corrected chi connectivity index (χ2v) is 9.99. The quantitative estimate of drug-likeness (QED) is 0.281. The van der Waals surface area contributed by atoms with Crippen molar-refractivity contribution in [1.29, 1.82) is 0 Å². The molecule has 0 radical (unpaired) electrons. The van der Waals surface area contributed by atoms with Gasteiger partial charge in [0, 0.05) is 31.5 Å². The fraction of sp³-hybridized carbons (Fsp3) is 0.0323. The molecule has 0 saturated heterocycles. The van der Waals surface area contributed by atoms with E-state index < -0.39 is 5.60 Å². The third-order valence-electron chi connectivity index (χ3n) is 6.44. The van der Waals surface area contributed by atoms with Gasteiger partial charge in [-0.2, -0.15) is 0 Å². The highest BCUT2D eigenvalue weighted by Crippen LogP contribution is 2.53. The lowest BCUT2D eigenvalue weighted by Crippen LogP contribution is -2.27. The fourth-order valence-electron chi connectivity index (χ4n) is 4.85. The van der Waals surface area contributed by atoms with Gasteiger partial charge in [0.2, 0.25) is 0 Å². The Bertz CT molecular complexity index is 1490. The van der Waals surface area contributed by atoms with Gasteiger partial charge in [-0.15, -0.1) is 0 Å². The lowest BCUT2D eigenvalue weighted by molar-refractivity contribution is 0.128. The van der Waals surface area contributed by atoms with E-state index in [1.54, 1.807) is 11.8 Å². The average Bonchev–Trinajstić information content (AvgIpc) is 3.15. The van der Waals surface area contributed by atoms with E-state index in [4.69, 9.17) is 11.6 Å². The van der Waals surface area contributed by atoms with E-state index in [1.165, 1.54) is 0 Å². The van der Waals surface area contributed by atoms with Crippen molar-refractivity contribution in [2.45, 2.75) is 15.4 Å². The largest absolute Gasteiger partial charge is 0.376 e. The molecule has 3 heteroatoms. The van der Waals surface area contributed by atoms with Crippen LogP contribution in [-0.2, 0) is 5.60 Å². The molecule has 6 rings (SSSR count). The molecule has 0 heterocycles. The molecule has 1 aliphatic rings. The summed E-state index contributed by atoms with van der Waals surface area (Å²) in [5.74, 6) is 0. The highest BCUT2D eigenvalue weighted by atomic mass is 35.5. The van der Waals surface area contributed by atoms with Gasteiger partial charge in [0.05, 0.1) is 0 Å². The Morgan fingerprint density at radius 3 is 2.00 bits per heavy atom. The molecule has 0 bridgehead atoms. The second kappa shape index (κ2) is 8.48. The number of fused-ring (bicyclic) bond motifs is 3. The number of hydrogen-bond donors (Lipinski definition) is 1. The molecule has 1 nitrogen and oxygen atoms in total. The predicted octanol–water partition coefficient (Wildman–Crippen LogP) is 8.42. The summed E-state index contributed by atoms with van der Waals surface area (Å²) in [6, 6.07) is 40.9. The zero-order valence-corrected chi connectivity index (χ0v) is 19.9. The van der Waals surface area contributed by atoms with Crippen molar-refractivity contribution in [3.63, 3.8) is 0 Å². The Hall–Kier alpha value is -3.30. The summed E-state index contributed by atoms with van der Waals surface area (Å²) in [5, 5.41) is 13.2. The number of halogens is 1. The van der Waals surface area contributed by atoms with Crippen LogP contribution in [0.15, 0.2) is 131 Å². The van der Waals surface area contributed by atoms with Gasteiger partial charge in [-0.3, -0.25) is 0 Å². The number of aliphatic hydroxyl groups is 1. The van der Waals surface area contributed by atoms with Crippen molar-refractivity contribution < 1.29 is 5.11 Å². The van der Waals surface area contributed by atoms with Crippen LogP contribution in [0.2, 0.25) is 5.02 Å². The molecular formula is C31H21ClOS.